The molecule has 0 radical (unpaired) electrons. The highest BCUT2D eigenvalue weighted by molar-refractivity contribution is 5.28. The molecule has 0 unspecified atom stereocenters. The van der Waals surface area contributed by atoms with Gasteiger partial charge in [0.05, 0.1) is 0 Å². The van der Waals surface area contributed by atoms with Crippen LogP contribution in [0.1, 0.15) is 44.1 Å². The maximum atomic E-state index is 13.2. The summed E-state index contributed by atoms with van der Waals surface area (Å²) in [4.78, 5) is 0. The summed E-state index contributed by atoms with van der Waals surface area (Å²) in [5, 5.41) is 9.16. The molecule has 0 spiro atoms. The minimum Gasteiger partial charge on any atom is -0.505 e. The van der Waals surface area contributed by atoms with Crippen LogP contribution in [0.25, 0.3) is 0 Å². The Morgan fingerprint density at radius 1 is 1.21 bits per heavy atom. The molecule has 1 N–H and O–H groups in total. The second kappa shape index (κ2) is 6.74. The second-order valence-corrected chi connectivity index (χ2v) is 5.74. The van der Waals surface area contributed by atoms with E-state index >= 15 is 0 Å². The summed E-state index contributed by atoms with van der Waals surface area (Å²) >= 11 is 0. The zero-order valence-corrected chi connectivity index (χ0v) is 11.4. The second-order valence-electron chi connectivity index (χ2n) is 5.74. The first-order chi connectivity index (χ1) is 9.19. The van der Waals surface area contributed by atoms with E-state index in [1.165, 1.54) is 37.8 Å². The number of phenolic OH excluding ortho intramolecular Hbond substituents is 1. The van der Waals surface area contributed by atoms with E-state index in [0.29, 0.717) is 0 Å². The summed E-state index contributed by atoms with van der Waals surface area (Å²) in [6.07, 6.45) is 10.4. The van der Waals surface area contributed by atoms with Gasteiger partial charge in [0.2, 0.25) is 0 Å². The lowest BCUT2D eigenvalue weighted by Crippen LogP contribution is -2.14. The minimum absolute atomic E-state index is 0.256. The fourth-order valence-electron chi connectivity index (χ4n) is 3.07. The van der Waals surface area contributed by atoms with E-state index in [1.807, 2.05) is 12.1 Å². The molecule has 1 nitrogen and oxygen atoms in total. The van der Waals surface area contributed by atoms with E-state index in [9.17, 15) is 4.39 Å². The Kier molecular flexibility index (Phi) is 5.00. The molecular weight excluding hydrogens is 239 g/mol. The molecule has 0 bridgehead atoms. The Morgan fingerprint density at radius 2 is 1.89 bits per heavy atom. The van der Waals surface area contributed by atoms with E-state index in [-0.39, 0.29) is 5.75 Å². The van der Waals surface area contributed by atoms with Crippen LogP contribution >= 0.6 is 0 Å². The molecule has 1 saturated carbocycles. The van der Waals surface area contributed by atoms with Gasteiger partial charge >= 0.3 is 0 Å². The van der Waals surface area contributed by atoms with Crippen molar-refractivity contribution in [2.45, 2.75) is 44.9 Å². The first-order valence-corrected chi connectivity index (χ1v) is 7.27. The SMILES string of the molecule is C=CCC1CCC(CCc2ccc(O)c(F)c2)CC1. The predicted molar refractivity (Wildman–Crippen MR) is 76.6 cm³/mol. The molecule has 1 aliphatic rings. The molecule has 0 aromatic heterocycles. The first kappa shape index (κ1) is 14.1. The lowest BCUT2D eigenvalue weighted by atomic mass is 9.78. The van der Waals surface area contributed by atoms with Crippen molar-refractivity contribution in [3.8, 4) is 5.75 Å². The fraction of sp³-hybridized carbons (Fsp3) is 0.529. The quantitative estimate of drug-likeness (QED) is 0.752. The Labute approximate surface area is 115 Å². The summed E-state index contributed by atoms with van der Waals surface area (Å²) < 4.78 is 13.2. The van der Waals surface area contributed by atoms with Gasteiger partial charge in [-0.15, -0.1) is 6.58 Å². The van der Waals surface area contributed by atoms with Gasteiger partial charge in [0.15, 0.2) is 11.6 Å². The van der Waals surface area contributed by atoms with Gasteiger partial charge in [-0.1, -0.05) is 25.0 Å². The van der Waals surface area contributed by atoms with Crippen LogP contribution in [0.15, 0.2) is 30.9 Å². The van der Waals surface area contributed by atoms with Gasteiger partial charge in [-0.25, -0.2) is 4.39 Å². The lowest BCUT2D eigenvalue weighted by Gasteiger charge is -2.27. The monoisotopic (exact) mass is 262 g/mol. The van der Waals surface area contributed by atoms with E-state index in [2.05, 4.69) is 6.58 Å². The predicted octanol–water partition coefficient (Wildman–Crippen LogP) is 4.85. The largest absolute Gasteiger partial charge is 0.505 e. The summed E-state index contributed by atoms with van der Waals surface area (Å²) in [6, 6.07) is 4.73. The van der Waals surface area contributed by atoms with Crippen molar-refractivity contribution >= 4 is 0 Å². The van der Waals surface area contributed by atoms with Crippen LogP contribution in [0.3, 0.4) is 0 Å². The molecule has 0 aliphatic heterocycles. The number of rotatable bonds is 5. The number of halogens is 1. The molecule has 1 aromatic rings. The lowest BCUT2D eigenvalue weighted by molar-refractivity contribution is 0.265. The third-order valence-corrected chi connectivity index (χ3v) is 4.32. The Bertz CT molecular complexity index is 419. The van der Waals surface area contributed by atoms with Gasteiger partial charge in [0.1, 0.15) is 0 Å². The number of benzene rings is 1. The molecule has 19 heavy (non-hydrogen) atoms. The Hall–Kier alpha value is -1.31. The Balaban J connectivity index is 1.77. The average Bonchev–Trinajstić information content (AvgIpc) is 2.42. The molecule has 0 saturated heterocycles. The molecule has 104 valence electrons. The molecule has 1 aliphatic carbocycles. The van der Waals surface area contributed by atoms with Crippen molar-refractivity contribution in [1.29, 1.82) is 0 Å². The zero-order chi connectivity index (χ0) is 13.7. The van der Waals surface area contributed by atoms with Crippen molar-refractivity contribution in [2.75, 3.05) is 0 Å². The van der Waals surface area contributed by atoms with Crippen molar-refractivity contribution in [1.82, 2.24) is 0 Å². The van der Waals surface area contributed by atoms with Crippen LogP contribution in [0, 0.1) is 17.7 Å². The van der Waals surface area contributed by atoms with Gasteiger partial charge in [0.25, 0.3) is 0 Å². The molecule has 1 fully saturated rings. The van der Waals surface area contributed by atoms with Crippen molar-refractivity contribution in [3.63, 3.8) is 0 Å². The zero-order valence-electron chi connectivity index (χ0n) is 11.4. The number of phenols is 1. The number of aryl methyl sites for hydroxylation is 1. The molecule has 0 heterocycles. The van der Waals surface area contributed by atoms with Gasteiger partial charge in [-0.2, -0.15) is 0 Å². The standard InChI is InChI=1S/C17H23FO/c1-2-3-13-4-6-14(7-5-13)8-9-15-10-11-17(19)16(18)12-15/h2,10-14,19H,1,3-9H2. The molecular formula is C17H23FO. The topological polar surface area (TPSA) is 20.2 Å². The average molecular weight is 262 g/mol. The van der Waals surface area contributed by atoms with Crippen LogP contribution in [0.4, 0.5) is 4.39 Å². The van der Waals surface area contributed by atoms with Crippen LogP contribution in [-0.2, 0) is 6.42 Å². The molecule has 1 aromatic carbocycles. The van der Waals surface area contributed by atoms with E-state index in [0.717, 1.165) is 36.7 Å². The molecule has 2 rings (SSSR count). The summed E-state index contributed by atoms with van der Waals surface area (Å²) in [5.74, 6) is 0.846. The summed E-state index contributed by atoms with van der Waals surface area (Å²) in [6.45, 7) is 3.81. The van der Waals surface area contributed by atoms with Crippen molar-refractivity contribution in [3.05, 3.63) is 42.2 Å². The van der Waals surface area contributed by atoms with Crippen LogP contribution in [0.2, 0.25) is 0 Å². The van der Waals surface area contributed by atoms with Gasteiger partial charge in [0, 0.05) is 0 Å². The smallest absolute Gasteiger partial charge is 0.165 e. The molecule has 0 amide bonds. The highest BCUT2D eigenvalue weighted by Gasteiger charge is 2.20. The summed E-state index contributed by atoms with van der Waals surface area (Å²) in [5.41, 5.74) is 0.989. The first-order valence-electron chi connectivity index (χ1n) is 7.27. The number of hydrogen-bond donors (Lipinski definition) is 1. The number of hydrogen-bond acceptors (Lipinski definition) is 1. The molecule has 2 heteroatoms. The van der Waals surface area contributed by atoms with Crippen LogP contribution in [-0.4, -0.2) is 5.11 Å². The maximum absolute atomic E-state index is 13.2. The highest BCUT2D eigenvalue weighted by atomic mass is 19.1. The van der Waals surface area contributed by atoms with Crippen molar-refractivity contribution in [2.24, 2.45) is 11.8 Å². The fourth-order valence-corrected chi connectivity index (χ4v) is 3.07. The van der Waals surface area contributed by atoms with Gasteiger partial charge in [-0.05, 0) is 61.6 Å². The molecule has 0 atom stereocenters. The highest BCUT2D eigenvalue weighted by Crippen LogP contribution is 2.33. The van der Waals surface area contributed by atoms with Gasteiger partial charge in [-0.3, -0.25) is 0 Å². The summed E-state index contributed by atoms with van der Waals surface area (Å²) in [7, 11) is 0. The third kappa shape index (κ3) is 4.09. The number of aromatic hydroxyl groups is 1. The Morgan fingerprint density at radius 3 is 2.53 bits per heavy atom. The maximum Gasteiger partial charge on any atom is 0.165 e. The third-order valence-electron chi connectivity index (χ3n) is 4.32. The van der Waals surface area contributed by atoms with E-state index < -0.39 is 5.82 Å². The van der Waals surface area contributed by atoms with Crippen molar-refractivity contribution < 1.29 is 9.50 Å². The normalized spacial score (nSPS) is 23.2. The number of allylic oxidation sites excluding steroid dienone is 1. The van der Waals surface area contributed by atoms with E-state index in [4.69, 9.17) is 5.11 Å². The van der Waals surface area contributed by atoms with E-state index in [1.54, 1.807) is 0 Å². The van der Waals surface area contributed by atoms with Crippen LogP contribution < -0.4 is 0 Å². The minimum atomic E-state index is -0.507. The van der Waals surface area contributed by atoms with Crippen LogP contribution in [0.5, 0.6) is 5.75 Å². The van der Waals surface area contributed by atoms with Gasteiger partial charge < -0.3 is 5.11 Å².